The van der Waals surface area contributed by atoms with E-state index in [0.29, 0.717) is 24.9 Å². The molecule has 3 rings (SSSR count). The molecule has 2 atom stereocenters. The van der Waals surface area contributed by atoms with Crippen LogP contribution in [0.5, 0.6) is 0 Å². The first kappa shape index (κ1) is 18.6. The molecule has 2 aliphatic heterocycles. The van der Waals surface area contributed by atoms with Crippen LogP contribution in [0, 0.1) is 5.82 Å². The van der Waals surface area contributed by atoms with E-state index >= 15 is 0 Å². The molecule has 0 radical (unpaired) electrons. The summed E-state index contributed by atoms with van der Waals surface area (Å²) < 4.78 is 66.9. The summed E-state index contributed by atoms with van der Waals surface area (Å²) in [5.41, 5.74) is -0.263. The summed E-state index contributed by atoms with van der Waals surface area (Å²) in [6, 6.07) is 3.65. The first-order chi connectivity index (χ1) is 11.7. The second-order valence-corrected chi connectivity index (χ2v) is 10.3. The van der Waals surface area contributed by atoms with Gasteiger partial charge >= 0.3 is 0 Å². The van der Waals surface area contributed by atoms with Gasteiger partial charge in [0.15, 0.2) is 0 Å². The molecule has 2 saturated heterocycles. The molecule has 7 nitrogen and oxygen atoms in total. The lowest BCUT2D eigenvalue weighted by Crippen LogP contribution is -2.47. The number of hydrogen-bond acceptors (Lipinski definition) is 5. The lowest BCUT2D eigenvalue weighted by atomic mass is 10.0. The summed E-state index contributed by atoms with van der Waals surface area (Å²) in [4.78, 5) is -0.213. The van der Waals surface area contributed by atoms with Crippen LogP contribution in [0.1, 0.15) is 32.6 Å². The number of sulfonamides is 2. The molecule has 2 unspecified atom stereocenters. The van der Waals surface area contributed by atoms with Crippen LogP contribution in [0.3, 0.4) is 0 Å². The molecular formula is C15H22FN3O4S2. The maximum absolute atomic E-state index is 14.1. The second kappa shape index (κ2) is 6.82. The third-order valence-electron chi connectivity index (χ3n) is 4.69. The van der Waals surface area contributed by atoms with Crippen LogP contribution < -0.4 is 14.8 Å². The Bertz CT molecular complexity index is 846. The van der Waals surface area contributed by atoms with Gasteiger partial charge < -0.3 is 5.32 Å². The average molecular weight is 391 g/mol. The molecule has 2 aliphatic rings. The predicted octanol–water partition coefficient (Wildman–Crippen LogP) is 1.15. The van der Waals surface area contributed by atoms with Gasteiger partial charge in [-0.3, -0.25) is 4.72 Å². The van der Waals surface area contributed by atoms with Crippen molar-refractivity contribution in [2.24, 2.45) is 0 Å². The molecule has 0 aromatic heterocycles. The van der Waals surface area contributed by atoms with E-state index in [-0.39, 0.29) is 22.4 Å². The monoisotopic (exact) mass is 391 g/mol. The fourth-order valence-electron chi connectivity index (χ4n) is 3.43. The standard InChI is InChI=1S/C15H22FN3O4S2/c1-2-24(20,21)19-15-6-5-13(9-14(15)16)25(22,23)18-12-7-10-3-4-11(8-12)17-10/h5-6,9-12,17-19H,2-4,7-8H2,1H3. The Hall–Kier alpha value is -1.23. The molecule has 1 aromatic carbocycles. The Kier molecular flexibility index (Phi) is 5.06. The topological polar surface area (TPSA) is 104 Å². The first-order valence-corrected chi connectivity index (χ1v) is 11.4. The summed E-state index contributed by atoms with van der Waals surface area (Å²) in [5.74, 6) is -1.13. The van der Waals surface area contributed by atoms with Crippen molar-refractivity contribution in [3.8, 4) is 0 Å². The maximum Gasteiger partial charge on any atom is 0.240 e. The van der Waals surface area contributed by atoms with Crippen molar-refractivity contribution in [1.82, 2.24) is 10.0 Å². The smallest absolute Gasteiger partial charge is 0.240 e. The van der Waals surface area contributed by atoms with Crippen LogP contribution in [0.2, 0.25) is 0 Å². The molecule has 1 aromatic rings. The maximum atomic E-state index is 14.1. The van der Waals surface area contributed by atoms with E-state index in [4.69, 9.17) is 0 Å². The van der Waals surface area contributed by atoms with Crippen LogP contribution in [0.15, 0.2) is 23.1 Å². The molecule has 2 bridgehead atoms. The molecule has 25 heavy (non-hydrogen) atoms. The summed E-state index contributed by atoms with van der Waals surface area (Å²) in [6.07, 6.45) is 3.52. The van der Waals surface area contributed by atoms with E-state index in [1.54, 1.807) is 0 Å². The highest BCUT2D eigenvalue weighted by molar-refractivity contribution is 7.92. The Labute approximate surface area is 147 Å². The van der Waals surface area contributed by atoms with E-state index < -0.39 is 25.9 Å². The van der Waals surface area contributed by atoms with Crippen LogP contribution in [0.4, 0.5) is 10.1 Å². The fraction of sp³-hybridized carbons (Fsp3) is 0.600. The number of nitrogens with one attached hydrogen (secondary N) is 3. The molecular weight excluding hydrogens is 369 g/mol. The van der Waals surface area contributed by atoms with Gasteiger partial charge in [0.25, 0.3) is 0 Å². The third kappa shape index (κ3) is 4.30. The average Bonchev–Trinajstić information content (AvgIpc) is 2.87. The largest absolute Gasteiger partial charge is 0.311 e. The van der Waals surface area contributed by atoms with Gasteiger partial charge in [-0.2, -0.15) is 0 Å². The van der Waals surface area contributed by atoms with Crippen molar-refractivity contribution in [3.05, 3.63) is 24.0 Å². The van der Waals surface area contributed by atoms with Crippen LogP contribution in [-0.2, 0) is 20.0 Å². The van der Waals surface area contributed by atoms with Gasteiger partial charge in [0.1, 0.15) is 5.82 Å². The molecule has 0 spiro atoms. The number of anilines is 1. The molecule has 2 heterocycles. The van der Waals surface area contributed by atoms with E-state index in [1.807, 2.05) is 0 Å². The van der Waals surface area contributed by atoms with Crippen molar-refractivity contribution in [2.45, 2.75) is 55.6 Å². The van der Waals surface area contributed by atoms with Gasteiger partial charge in [0.2, 0.25) is 20.0 Å². The normalized spacial score (nSPS) is 26.6. The number of benzene rings is 1. The Morgan fingerprint density at radius 3 is 2.36 bits per heavy atom. The lowest BCUT2D eigenvalue weighted by molar-refractivity contribution is 0.345. The number of hydrogen-bond donors (Lipinski definition) is 3. The fourth-order valence-corrected chi connectivity index (χ4v) is 5.34. The third-order valence-corrected chi connectivity index (χ3v) is 7.50. The zero-order chi connectivity index (χ0) is 18.2. The SMILES string of the molecule is CCS(=O)(=O)Nc1ccc(S(=O)(=O)NC2CC3CCC(C2)N3)cc1F. The van der Waals surface area contributed by atoms with E-state index in [9.17, 15) is 21.2 Å². The molecule has 2 fully saturated rings. The minimum atomic E-state index is -3.86. The summed E-state index contributed by atoms with van der Waals surface area (Å²) in [6.45, 7) is 1.43. The van der Waals surface area contributed by atoms with E-state index in [1.165, 1.54) is 13.0 Å². The van der Waals surface area contributed by atoms with Crippen molar-refractivity contribution < 1.29 is 21.2 Å². The highest BCUT2D eigenvalue weighted by Gasteiger charge is 2.35. The molecule has 140 valence electrons. The molecule has 3 N–H and O–H groups in total. The van der Waals surface area contributed by atoms with Gasteiger partial charge in [0.05, 0.1) is 16.3 Å². The van der Waals surface area contributed by atoms with E-state index in [0.717, 1.165) is 25.0 Å². The zero-order valence-electron chi connectivity index (χ0n) is 13.8. The number of rotatable bonds is 6. The zero-order valence-corrected chi connectivity index (χ0v) is 15.5. The van der Waals surface area contributed by atoms with Crippen molar-refractivity contribution >= 4 is 25.7 Å². The van der Waals surface area contributed by atoms with Crippen molar-refractivity contribution in [2.75, 3.05) is 10.5 Å². The molecule has 0 amide bonds. The Balaban J connectivity index is 1.75. The summed E-state index contributed by atoms with van der Waals surface area (Å²) >= 11 is 0. The van der Waals surface area contributed by atoms with Gasteiger partial charge in [-0.05, 0) is 50.8 Å². The van der Waals surface area contributed by atoms with Gasteiger partial charge in [-0.1, -0.05) is 0 Å². The number of piperidine rings is 1. The molecule has 10 heteroatoms. The number of fused-ring (bicyclic) bond motifs is 2. The van der Waals surface area contributed by atoms with E-state index in [2.05, 4.69) is 14.8 Å². The van der Waals surface area contributed by atoms with Crippen LogP contribution >= 0.6 is 0 Å². The quantitative estimate of drug-likeness (QED) is 0.675. The van der Waals surface area contributed by atoms with Crippen molar-refractivity contribution in [1.29, 1.82) is 0 Å². The summed E-state index contributed by atoms with van der Waals surface area (Å²) in [7, 11) is -7.50. The minimum Gasteiger partial charge on any atom is -0.311 e. The van der Waals surface area contributed by atoms with Crippen LogP contribution in [-0.4, -0.2) is 40.7 Å². The highest BCUT2D eigenvalue weighted by Crippen LogP contribution is 2.28. The highest BCUT2D eigenvalue weighted by atomic mass is 32.2. The summed E-state index contributed by atoms with van der Waals surface area (Å²) in [5, 5.41) is 3.43. The van der Waals surface area contributed by atoms with Gasteiger partial charge in [-0.15, -0.1) is 0 Å². The molecule has 0 aliphatic carbocycles. The Morgan fingerprint density at radius 1 is 1.16 bits per heavy atom. The second-order valence-electron chi connectivity index (χ2n) is 6.57. The molecule has 0 saturated carbocycles. The first-order valence-electron chi connectivity index (χ1n) is 8.27. The lowest BCUT2D eigenvalue weighted by Gasteiger charge is -2.29. The predicted molar refractivity (Wildman–Crippen MR) is 92.8 cm³/mol. The minimum absolute atomic E-state index is 0.176. The van der Waals surface area contributed by atoms with Gasteiger partial charge in [0, 0.05) is 18.1 Å². The Morgan fingerprint density at radius 2 is 1.80 bits per heavy atom. The van der Waals surface area contributed by atoms with Crippen molar-refractivity contribution in [3.63, 3.8) is 0 Å². The number of halogens is 1. The van der Waals surface area contributed by atoms with Gasteiger partial charge in [-0.25, -0.2) is 25.9 Å². The van der Waals surface area contributed by atoms with Crippen LogP contribution in [0.25, 0.3) is 0 Å².